The highest BCUT2D eigenvalue weighted by molar-refractivity contribution is 5.43. The van der Waals surface area contributed by atoms with Crippen LogP contribution in [0.1, 0.15) is 62.1 Å². The van der Waals surface area contributed by atoms with Crippen molar-refractivity contribution in [2.24, 2.45) is 5.92 Å². The zero-order valence-corrected chi connectivity index (χ0v) is 12.7. The fourth-order valence-electron chi connectivity index (χ4n) is 3.68. The van der Waals surface area contributed by atoms with Crippen LogP contribution in [-0.4, -0.2) is 13.2 Å². The van der Waals surface area contributed by atoms with Crippen LogP contribution < -0.4 is 10.1 Å². The second kappa shape index (κ2) is 6.62. The molecule has 2 heteroatoms. The van der Waals surface area contributed by atoms with Crippen LogP contribution in [-0.2, 0) is 0 Å². The molecule has 1 aliphatic carbocycles. The number of benzene rings is 1. The highest BCUT2D eigenvalue weighted by Gasteiger charge is 2.22. The van der Waals surface area contributed by atoms with Gasteiger partial charge in [-0.2, -0.15) is 0 Å². The first-order chi connectivity index (χ1) is 9.84. The summed E-state index contributed by atoms with van der Waals surface area (Å²) in [6.45, 7) is 4.19. The smallest absolute Gasteiger partial charge is 0.126 e. The number of hydrogen-bond donors (Lipinski definition) is 1. The van der Waals surface area contributed by atoms with Gasteiger partial charge in [0.05, 0.1) is 6.61 Å². The molecule has 1 atom stereocenters. The maximum Gasteiger partial charge on any atom is 0.126 e. The largest absolute Gasteiger partial charge is 0.493 e. The van der Waals surface area contributed by atoms with Gasteiger partial charge < -0.3 is 10.1 Å². The second-order valence-corrected chi connectivity index (χ2v) is 6.45. The van der Waals surface area contributed by atoms with Crippen LogP contribution in [0.25, 0.3) is 0 Å². The molecule has 1 aliphatic heterocycles. The maximum absolute atomic E-state index is 5.96. The standard InChI is InChI=1S/C18H27NO/c1-14-7-5-10-16-17(11-6-12-20-18(14)16)19-13-15-8-3-2-4-9-15/h5,7,10,15,17,19H,2-4,6,8-9,11-13H2,1H3. The molecule has 1 aromatic rings. The number of rotatable bonds is 3. The Bertz CT molecular complexity index is 437. The molecule has 1 fully saturated rings. The fourth-order valence-corrected chi connectivity index (χ4v) is 3.68. The third-order valence-electron chi connectivity index (χ3n) is 4.88. The Morgan fingerprint density at radius 2 is 1.95 bits per heavy atom. The first-order valence-corrected chi connectivity index (χ1v) is 8.30. The number of fused-ring (bicyclic) bond motifs is 1. The van der Waals surface area contributed by atoms with Crippen LogP contribution >= 0.6 is 0 Å². The molecule has 0 amide bonds. The monoisotopic (exact) mass is 273 g/mol. The fraction of sp³-hybridized carbons (Fsp3) is 0.667. The Kier molecular flexibility index (Phi) is 4.62. The number of hydrogen-bond acceptors (Lipinski definition) is 2. The van der Waals surface area contributed by atoms with Crippen molar-refractivity contribution in [3.63, 3.8) is 0 Å². The minimum Gasteiger partial charge on any atom is -0.493 e. The Balaban J connectivity index is 1.68. The summed E-state index contributed by atoms with van der Waals surface area (Å²) in [5.41, 5.74) is 2.65. The molecule has 3 rings (SSSR count). The molecule has 2 aliphatic rings. The predicted octanol–water partition coefficient (Wildman–Crippen LogP) is 4.38. The molecule has 0 saturated heterocycles. The van der Waals surface area contributed by atoms with Gasteiger partial charge in [0.1, 0.15) is 5.75 Å². The van der Waals surface area contributed by atoms with Crippen LogP contribution in [0.4, 0.5) is 0 Å². The van der Waals surface area contributed by atoms with E-state index < -0.39 is 0 Å². The van der Waals surface area contributed by atoms with Gasteiger partial charge in [-0.3, -0.25) is 0 Å². The lowest BCUT2D eigenvalue weighted by atomic mass is 9.88. The summed E-state index contributed by atoms with van der Waals surface area (Å²) in [4.78, 5) is 0. The van der Waals surface area contributed by atoms with E-state index in [1.165, 1.54) is 56.2 Å². The van der Waals surface area contributed by atoms with Gasteiger partial charge in [0, 0.05) is 11.6 Å². The number of aryl methyl sites for hydroxylation is 1. The second-order valence-electron chi connectivity index (χ2n) is 6.45. The van der Waals surface area contributed by atoms with E-state index in [1.807, 2.05) is 0 Å². The molecule has 1 unspecified atom stereocenters. The van der Waals surface area contributed by atoms with E-state index >= 15 is 0 Å². The van der Waals surface area contributed by atoms with Crippen LogP contribution in [0.15, 0.2) is 18.2 Å². The Morgan fingerprint density at radius 1 is 1.10 bits per heavy atom. The topological polar surface area (TPSA) is 21.3 Å². The van der Waals surface area contributed by atoms with Crippen molar-refractivity contribution in [2.75, 3.05) is 13.2 Å². The molecule has 0 spiro atoms. The molecular formula is C18H27NO. The van der Waals surface area contributed by atoms with Gasteiger partial charge in [-0.15, -0.1) is 0 Å². The van der Waals surface area contributed by atoms with Crippen LogP contribution in [0.3, 0.4) is 0 Å². The highest BCUT2D eigenvalue weighted by Crippen LogP contribution is 2.34. The van der Waals surface area contributed by atoms with Gasteiger partial charge in [-0.1, -0.05) is 37.5 Å². The number of para-hydroxylation sites is 1. The zero-order valence-electron chi connectivity index (χ0n) is 12.7. The quantitative estimate of drug-likeness (QED) is 0.882. The van der Waals surface area contributed by atoms with E-state index in [2.05, 4.69) is 30.4 Å². The van der Waals surface area contributed by atoms with Gasteiger partial charge in [0.15, 0.2) is 0 Å². The van der Waals surface area contributed by atoms with Gasteiger partial charge >= 0.3 is 0 Å². The minimum atomic E-state index is 0.481. The molecule has 1 aromatic carbocycles. The summed E-state index contributed by atoms with van der Waals surface area (Å²) in [5, 5.41) is 3.83. The molecular weight excluding hydrogens is 246 g/mol. The molecule has 0 bridgehead atoms. The molecule has 1 saturated carbocycles. The van der Waals surface area contributed by atoms with E-state index in [0.717, 1.165) is 24.7 Å². The SMILES string of the molecule is Cc1cccc2c1OCCCC2NCC1CCCCC1. The van der Waals surface area contributed by atoms with Crippen LogP contribution in [0, 0.1) is 12.8 Å². The number of ether oxygens (including phenoxy) is 1. The Morgan fingerprint density at radius 3 is 2.80 bits per heavy atom. The predicted molar refractivity (Wildman–Crippen MR) is 83.2 cm³/mol. The van der Waals surface area contributed by atoms with E-state index in [1.54, 1.807) is 0 Å². The Labute approximate surface area is 122 Å². The van der Waals surface area contributed by atoms with Crippen molar-refractivity contribution in [3.05, 3.63) is 29.3 Å². The lowest BCUT2D eigenvalue weighted by molar-refractivity contribution is 0.308. The van der Waals surface area contributed by atoms with Crippen molar-refractivity contribution in [2.45, 2.75) is 57.9 Å². The molecule has 110 valence electrons. The normalized spacial score (nSPS) is 23.8. The Hall–Kier alpha value is -1.02. The average molecular weight is 273 g/mol. The summed E-state index contributed by atoms with van der Waals surface area (Å²) < 4.78 is 5.96. The molecule has 1 N–H and O–H groups in total. The lowest BCUT2D eigenvalue weighted by Crippen LogP contribution is -2.28. The van der Waals surface area contributed by atoms with E-state index in [9.17, 15) is 0 Å². The maximum atomic E-state index is 5.96. The van der Waals surface area contributed by atoms with Crippen molar-refractivity contribution in [3.8, 4) is 5.75 Å². The zero-order chi connectivity index (χ0) is 13.8. The summed E-state index contributed by atoms with van der Waals surface area (Å²) >= 11 is 0. The molecule has 0 radical (unpaired) electrons. The molecule has 2 nitrogen and oxygen atoms in total. The van der Waals surface area contributed by atoms with E-state index in [4.69, 9.17) is 4.74 Å². The van der Waals surface area contributed by atoms with Crippen molar-refractivity contribution >= 4 is 0 Å². The third-order valence-corrected chi connectivity index (χ3v) is 4.88. The first-order valence-electron chi connectivity index (χ1n) is 8.30. The molecule has 20 heavy (non-hydrogen) atoms. The van der Waals surface area contributed by atoms with Crippen molar-refractivity contribution in [1.29, 1.82) is 0 Å². The minimum absolute atomic E-state index is 0.481. The van der Waals surface area contributed by atoms with Crippen molar-refractivity contribution < 1.29 is 4.74 Å². The average Bonchev–Trinajstić information content (AvgIpc) is 2.70. The third kappa shape index (κ3) is 3.17. The first kappa shape index (κ1) is 13.9. The van der Waals surface area contributed by atoms with E-state index in [-0.39, 0.29) is 0 Å². The summed E-state index contributed by atoms with van der Waals surface area (Å²) in [5.74, 6) is 2.02. The van der Waals surface area contributed by atoms with Gasteiger partial charge in [-0.05, 0) is 50.6 Å². The summed E-state index contributed by atoms with van der Waals surface area (Å²) in [7, 11) is 0. The molecule has 0 aromatic heterocycles. The van der Waals surface area contributed by atoms with Gasteiger partial charge in [-0.25, -0.2) is 0 Å². The summed E-state index contributed by atoms with van der Waals surface area (Å²) in [6.07, 6.45) is 9.47. The number of nitrogens with one attached hydrogen (secondary N) is 1. The van der Waals surface area contributed by atoms with Crippen molar-refractivity contribution in [1.82, 2.24) is 5.32 Å². The van der Waals surface area contributed by atoms with Gasteiger partial charge in [0.25, 0.3) is 0 Å². The van der Waals surface area contributed by atoms with Crippen LogP contribution in [0.5, 0.6) is 5.75 Å². The lowest BCUT2D eigenvalue weighted by Gasteiger charge is -2.26. The molecule has 1 heterocycles. The van der Waals surface area contributed by atoms with Crippen LogP contribution in [0.2, 0.25) is 0 Å². The highest BCUT2D eigenvalue weighted by atomic mass is 16.5. The van der Waals surface area contributed by atoms with Gasteiger partial charge in [0.2, 0.25) is 0 Å². The van der Waals surface area contributed by atoms with E-state index in [0.29, 0.717) is 6.04 Å². The summed E-state index contributed by atoms with van der Waals surface area (Å²) in [6, 6.07) is 7.04.